The molecule has 0 spiro atoms. The van der Waals surface area contributed by atoms with E-state index in [0.717, 1.165) is 16.9 Å². The van der Waals surface area contributed by atoms with Gasteiger partial charge in [-0.3, -0.25) is 9.36 Å². The summed E-state index contributed by atoms with van der Waals surface area (Å²) in [5.41, 5.74) is 7.69. The highest BCUT2D eigenvalue weighted by molar-refractivity contribution is 7.07. The molecule has 8 nitrogen and oxygen atoms in total. The van der Waals surface area contributed by atoms with E-state index >= 15 is 0 Å². The Kier molecular flexibility index (Phi) is 6.99. The number of carbonyl (C=O) groups is 1. The maximum atomic E-state index is 13.4. The van der Waals surface area contributed by atoms with Gasteiger partial charge >= 0.3 is 5.97 Å². The molecule has 0 bridgehead atoms. The molecule has 9 heteroatoms. The summed E-state index contributed by atoms with van der Waals surface area (Å²) >= 11 is 1.13. The highest BCUT2D eigenvalue weighted by atomic mass is 32.1. The molecule has 4 rings (SSSR count). The van der Waals surface area contributed by atoms with Crippen LogP contribution in [0.5, 0.6) is 11.5 Å². The molecule has 0 saturated heterocycles. The van der Waals surface area contributed by atoms with Crippen LogP contribution in [0.25, 0.3) is 17.5 Å². The molecule has 1 aliphatic heterocycles. The lowest BCUT2D eigenvalue weighted by Gasteiger charge is -2.25. The van der Waals surface area contributed by atoms with Crippen molar-refractivity contribution in [3.63, 3.8) is 0 Å². The fourth-order valence-corrected chi connectivity index (χ4v) is 5.17. The van der Waals surface area contributed by atoms with Crippen LogP contribution in [-0.2, 0) is 9.53 Å². The monoisotopic (exact) mass is 503 g/mol. The Labute approximate surface area is 211 Å². The molecule has 0 amide bonds. The SMILES string of the molecule is COc1ccc(/C=c2/sc3n(c2=O)C(N)=C(C#N)[C@@H](c2ccc(OC)cc2)C=3C(=O)OC(C)C)cc1. The number of ether oxygens (including phenoxy) is 3. The van der Waals surface area contributed by atoms with Crippen molar-refractivity contribution in [3.05, 3.63) is 84.8 Å². The molecule has 1 aliphatic rings. The average Bonchev–Trinajstić information content (AvgIpc) is 3.19. The fraction of sp³-hybridized carbons (Fsp3) is 0.222. The molecule has 184 valence electrons. The minimum atomic E-state index is -0.806. The van der Waals surface area contributed by atoms with E-state index in [0.29, 0.717) is 26.3 Å². The lowest BCUT2D eigenvalue weighted by atomic mass is 9.84. The van der Waals surface area contributed by atoms with Crippen molar-refractivity contribution < 1.29 is 19.0 Å². The average molecular weight is 504 g/mol. The van der Waals surface area contributed by atoms with Gasteiger partial charge in [-0.1, -0.05) is 24.3 Å². The number of hydrogen-bond acceptors (Lipinski definition) is 8. The molecule has 1 atom stereocenters. The van der Waals surface area contributed by atoms with E-state index in [9.17, 15) is 14.9 Å². The van der Waals surface area contributed by atoms with E-state index in [1.165, 1.54) is 4.57 Å². The molecule has 2 heterocycles. The second-order valence-corrected chi connectivity index (χ2v) is 9.34. The number of hydrogen-bond donors (Lipinski definition) is 1. The van der Waals surface area contributed by atoms with Gasteiger partial charge in [0.05, 0.1) is 48.0 Å². The minimum absolute atomic E-state index is 0.00922. The van der Waals surface area contributed by atoms with Crippen LogP contribution >= 0.6 is 11.3 Å². The van der Waals surface area contributed by atoms with Crippen molar-refractivity contribution >= 4 is 34.8 Å². The molecule has 1 aromatic heterocycles. The van der Waals surface area contributed by atoms with Gasteiger partial charge in [0.25, 0.3) is 5.56 Å². The first-order valence-corrected chi connectivity index (χ1v) is 12.0. The molecule has 0 unspecified atom stereocenters. The zero-order valence-corrected chi connectivity index (χ0v) is 21.1. The second kappa shape index (κ2) is 10.1. The predicted octanol–water partition coefficient (Wildman–Crippen LogP) is 2.31. The van der Waals surface area contributed by atoms with Crippen molar-refractivity contribution in [3.8, 4) is 17.6 Å². The number of aromatic nitrogens is 1. The molecule has 0 radical (unpaired) electrons. The summed E-state index contributed by atoms with van der Waals surface area (Å²) in [4.78, 5) is 26.8. The van der Waals surface area contributed by atoms with Crippen LogP contribution in [0.15, 0.2) is 58.9 Å². The Morgan fingerprint density at radius 1 is 1.08 bits per heavy atom. The zero-order chi connectivity index (χ0) is 26.0. The van der Waals surface area contributed by atoms with Gasteiger partial charge in [0, 0.05) is 0 Å². The van der Waals surface area contributed by atoms with Gasteiger partial charge in [0.2, 0.25) is 0 Å². The number of benzene rings is 2. The first-order chi connectivity index (χ1) is 17.3. The Bertz CT molecular complexity index is 1560. The smallest absolute Gasteiger partial charge is 0.338 e. The number of fused-ring (bicyclic) bond motifs is 1. The molecule has 2 aromatic carbocycles. The summed E-state index contributed by atoms with van der Waals surface area (Å²) in [7, 11) is 3.13. The maximum Gasteiger partial charge on any atom is 0.338 e. The highest BCUT2D eigenvalue weighted by Gasteiger charge is 2.36. The number of esters is 1. The quantitative estimate of drug-likeness (QED) is 0.513. The number of nitrogens with two attached hydrogens (primary N) is 1. The molecular weight excluding hydrogens is 478 g/mol. The van der Waals surface area contributed by atoms with Crippen LogP contribution < -0.4 is 30.0 Å². The summed E-state index contributed by atoms with van der Waals surface area (Å²) < 4.78 is 17.9. The number of nitrogens with zero attached hydrogens (tertiary/aromatic N) is 2. The third-order valence-corrected chi connectivity index (χ3v) is 6.80. The summed E-state index contributed by atoms with van der Waals surface area (Å²) in [6.07, 6.45) is 1.31. The summed E-state index contributed by atoms with van der Waals surface area (Å²) in [5, 5.41) is 10.1. The van der Waals surface area contributed by atoms with Crippen molar-refractivity contribution in [2.24, 2.45) is 5.73 Å². The van der Waals surface area contributed by atoms with E-state index in [1.54, 1.807) is 70.5 Å². The van der Waals surface area contributed by atoms with Gasteiger partial charge in [0.1, 0.15) is 22.0 Å². The molecular formula is C27H25N3O5S. The zero-order valence-electron chi connectivity index (χ0n) is 20.3. The molecule has 2 N–H and O–H groups in total. The van der Waals surface area contributed by atoms with E-state index in [-0.39, 0.29) is 17.0 Å². The van der Waals surface area contributed by atoms with Crippen molar-refractivity contribution in [2.45, 2.75) is 25.9 Å². The molecule has 0 fully saturated rings. The maximum absolute atomic E-state index is 13.4. The molecule has 0 saturated carbocycles. The van der Waals surface area contributed by atoms with E-state index in [1.807, 2.05) is 12.1 Å². The Morgan fingerprint density at radius 2 is 1.67 bits per heavy atom. The lowest BCUT2D eigenvalue weighted by molar-refractivity contribution is -0.140. The minimum Gasteiger partial charge on any atom is -0.497 e. The highest BCUT2D eigenvalue weighted by Crippen LogP contribution is 2.37. The molecule has 36 heavy (non-hydrogen) atoms. The van der Waals surface area contributed by atoms with Crippen molar-refractivity contribution in [2.75, 3.05) is 14.2 Å². The van der Waals surface area contributed by atoms with E-state index in [4.69, 9.17) is 19.9 Å². The number of carbonyl (C=O) groups excluding carboxylic acids is 1. The van der Waals surface area contributed by atoms with Crippen LogP contribution in [0, 0.1) is 11.3 Å². The Balaban J connectivity index is 2.03. The van der Waals surface area contributed by atoms with Gasteiger partial charge < -0.3 is 19.9 Å². The van der Waals surface area contributed by atoms with Crippen LogP contribution in [0.2, 0.25) is 0 Å². The van der Waals surface area contributed by atoms with Crippen molar-refractivity contribution in [1.82, 2.24) is 4.57 Å². The molecule has 0 aliphatic carbocycles. The van der Waals surface area contributed by atoms with Gasteiger partial charge in [0.15, 0.2) is 0 Å². The number of allylic oxidation sites excluding steroid dienone is 1. The van der Waals surface area contributed by atoms with Crippen molar-refractivity contribution in [1.29, 1.82) is 5.26 Å². The lowest BCUT2D eigenvalue weighted by Crippen LogP contribution is -2.40. The van der Waals surface area contributed by atoms with E-state index < -0.39 is 23.6 Å². The third-order valence-electron chi connectivity index (χ3n) is 5.69. The first-order valence-electron chi connectivity index (χ1n) is 11.2. The largest absolute Gasteiger partial charge is 0.497 e. The summed E-state index contributed by atoms with van der Waals surface area (Å²) in [6, 6.07) is 16.4. The third kappa shape index (κ3) is 4.51. The van der Waals surface area contributed by atoms with Gasteiger partial charge in [-0.25, -0.2) is 4.79 Å². The molecule has 3 aromatic rings. The number of rotatable bonds is 6. The van der Waals surface area contributed by atoms with E-state index in [2.05, 4.69) is 6.07 Å². The van der Waals surface area contributed by atoms with Crippen LogP contribution in [-0.4, -0.2) is 30.9 Å². The van der Waals surface area contributed by atoms with Gasteiger partial charge in [-0.2, -0.15) is 5.26 Å². The summed E-state index contributed by atoms with van der Waals surface area (Å²) in [6.45, 7) is 3.48. The second-order valence-electron chi connectivity index (χ2n) is 8.31. The van der Waals surface area contributed by atoms with Gasteiger partial charge in [-0.15, -0.1) is 11.3 Å². The topological polar surface area (TPSA) is 117 Å². The Morgan fingerprint density at radius 3 is 2.19 bits per heavy atom. The van der Waals surface area contributed by atoms with Crippen LogP contribution in [0.1, 0.15) is 30.9 Å². The normalized spacial score (nSPS) is 15.5. The number of methoxy groups -OCH3 is 2. The van der Waals surface area contributed by atoms with Gasteiger partial charge in [-0.05, 0) is 55.3 Å². The van der Waals surface area contributed by atoms with Crippen LogP contribution in [0.4, 0.5) is 0 Å². The Hall–Kier alpha value is -4.29. The number of thiazole rings is 1. The predicted molar refractivity (Wildman–Crippen MR) is 138 cm³/mol. The fourth-order valence-electron chi connectivity index (χ4n) is 4.00. The number of nitriles is 1. The first kappa shape index (κ1) is 24.8. The standard InChI is InChI=1S/C27H25N3O5S/c1-15(2)35-27(32)23-22(17-7-11-19(34-4)12-8-17)20(14-28)24(29)30-25(31)21(36-26(23)30)13-16-5-9-18(33-3)10-6-16/h5-13,15,22H,29H2,1-4H3/b21-13+/t22-/m1/s1. The van der Waals surface area contributed by atoms with Crippen LogP contribution in [0.3, 0.4) is 0 Å². The summed E-state index contributed by atoms with van der Waals surface area (Å²) in [5.74, 6) is -0.114.